The topological polar surface area (TPSA) is 54.4 Å². The molecule has 0 bridgehead atoms. The largest absolute Gasteiger partial charge is 0.378 e. The fourth-order valence-electron chi connectivity index (χ4n) is 3.86. The molecule has 26 heavy (non-hydrogen) atoms. The predicted molar refractivity (Wildman–Crippen MR) is 103 cm³/mol. The van der Waals surface area contributed by atoms with Crippen LogP contribution in [-0.4, -0.2) is 52.7 Å². The van der Waals surface area contributed by atoms with Crippen molar-refractivity contribution >= 4 is 27.4 Å². The molecule has 0 N–H and O–H groups in total. The second-order valence-electron chi connectivity index (χ2n) is 6.80. The Kier molecular flexibility index (Phi) is 4.28. The molecule has 0 radical (unpaired) electrons. The smallest absolute Gasteiger partial charge is 0.141 e. The van der Waals surface area contributed by atoms with Gasteiger partial charge in [-0.15, -0.1) is 11.3 Å². The van der Waals surface area contributed by atoms with Crippen LogP contribution >= 0.6 is 11.3 Å². The standard InChI is InChI=1S/C19H21N5OS/c1-2-14(10-20-4-1)11-23-5-3-15-16(12-23)26-19-17(15)18(21-13-22-19)24-6-8-25-9-7-24/h1-2,4,10,13H,3,5-9,11-12H2. The second-order valence-corrected chi connectivity index (χ2v) is 7.89. The molecular formula is C19H21N5OS. The van der Waals surface area contributed by atoms with E-state index >= 15 is 0 Å². The van der Waals surface area contributed by atoms with E-state index in [2.05, 4.69) is 30.8 Å². The quantitative estimate of drug-likeness (QED) is 0.709. The minimum Gasteiger partial charge on any atom is -0.378 e. The second kappa shape index (κ2) is 6.90. The van der Waals surface area contributed by atoms with Gasteiger partial charge in [0.2, 0.25) is 0 Å². The van der Waals surface area contributed by atoms with E-state index in [1.54, 1.807) is 6.33 Å². The first-order valence-corrected chi connectivity index (χ1v) is 9.89. The Morgan fingerprint density at radius 1 is 1.15 bits per heavy atom. The summed E-state index contributed by atoms with van der Waals surface area (Å²) in [5.41, 5.74) is 2.72. The van der Waals surface area contributed by atoms with Crippen LogP contribution in [-0.2, 0) is 24.2 Å². The van der Waals surface area contributed by atoms with Crippen molar-refractivity contribution in [3.63, 3.8) is 0 Å². The van der Waals surface area contributed by atoms with Crippen LogP contribution in [0.15, 0.2) is 30.9 Å². The van der Waals surface area contributed by atoms with E-state index in [-0.39, 0.29) is 0 Å². The Labute approximate surface area is 156 Å². The Morgan fingerprint density at radius 3 is 2.92 bits per heavy atom. The summed E-state index contributed by atoms with van der Waals surface area (Å²) in [4.78, 5) is 20.8. The summed E-state index contributed by atoms with van der Waals surface area (Å²) in [5.74, 6) is 1.09. The minimum absolute atomic E-state index is 0.775. The summed E-state index contributed by atoms with van der Waals surface area (Å²) in [6.45, 7) is 6.35. The Bertz CT molecular complexity index is 907. The van der Waals surface area contributed by atoms with Gasteiger partial charge in [-0.05, 0) is 23.6 Å². The van der Waals surface area contributed by atoms with Crippen molar-refractivity contribution in [1.29, 1.82) is 0 Å². The van der Waals surface area contributed by atoms with Crippen molar-refractivity contribution in [2.45, 2.75) is 19.5 Å². The van der Waals surface area contributed by atoms with E-state index < -0.39 is 0 Å². The van der Waals surface area contributed by atoms with Crippen LogP contribution in [0.4, 0.5) is 5.82 Å². The molecule has 0 aromatic carbocycles. The summed E-state index contributed by atoms with van der Waals surface area (Å²) in [6.07, 6.45) is 6.56. The molecule has 0 atom stereocenters. The maximum Gasteiger partial charge on any atom is 0.141 e. The van der Waals surface area contributed by atoms with E-state index in [4.69, 9.17) is 4.74 Å². The summed E-state index contributed by atoms with van der Waals surface area (Å²) in [5, 5.41) is 1.27. The predicted octanol–water partition coefficient (Wildman–Crippen LogP) is 2.48. The highest BCUT2D eigenvalue weighted by Gasteiger charge is 2.26. The number of ether oxygens (including phenoxy) is 1. The highest BCUT2D eigenvalue weighted by Crippen LogP contribution is 2.38. The summed E-state index contributed by atoms with van der Waals surface area (Å²) >= 11 is 1.83. The van der Waals surface area contributed by atoms with Gasteiger partial charge in [0.15, 0.2) is 0 Å². The maximum absolute atomic E-state index is 5.50. The van der Waals surface area contributed by atoms with Crippen LogP contribution in [0.3, 0.4) is 0 Å². The number of pyridine rings is 1. The molecule has 0 amide bonds. The third-order valence-electron chi connectivity index (χ3n) is 5.14. The van der Waals surface area contributed by atoms with Crippen LogP contribution < -0.4 is 4.90 Å². The number of hydrogen-bond donors (Lipinski definition) is 0. The molecule has 5 heterocycles. The fourth-order valence-corrected chi connectivity index (χ4v) is 5.09. The first kappa shape index (κ1) is 16.1. The molecule has 2 aliphatic heterocycles. The number of aromatic nitrogens is 3. The van der Waals surface area contributed by atoms with Crippen LogP contribution in [0.1, 0.15) is 16.0 Å². The number of hydrogen-bond acceptors (Lipinski definition) is 7. The molecule has 0 spiro atoms. The normalized spacial score (nSPS) is 18.2. The monoisotopic (exact) mass is 367 g/mol. The number of rotatable bonds is 3. The molecule has 1 fully saturated rings. The molecule has 2 aliphatic rings. The molecule has 1 saturated heterocycles. The van der Waals surface area contributed by atoms with Gasteiger partial charge in [-0.25, -0.2) is 9.97 Å². The van der Waals surface area contributed by atoms with Crippen molar-refractivity contribution in [3.05, 3.63) is 46.9 Å². The lowest BCUT2D eigenvalue weighted by atomic mass is 10.0. The van der Waals surface area contributed by atoms with Crippen molar-refractivity contribution in [1.82, 2.24) is 19.9 Å². The molecule has 5 rings (SSSR count). The third-order valence-corrected chi connectivity index (χ3v) is 6.26. The molecule has 134 valence electrons. The Hall–Kier alpha value is -2.09. The molecule has 0 aliphatic carbocycles. The highest BCUT2D eigenvalue weighted by molar-refractivity contribution is 7.19. The zero-order chi connectivity index (χ0) is 17.3. The van der Waals surface area contributed by atoms with E-state index in [0.717, 1.165) is 63.0 Å². The van der Waals surface area contributed by atoms with Crippen LogP contribution in [0.2, 0.25) is 0 Å². The van der Waals surface area contributed by atoms with Crippen molar-refractivity contribution in [3.8, 4) is 0 Å². The average Bonchev–Trinajstić information content (AvgIpc) is 3.07. The summed E-state index contributed by atoms with van der Waals surface area (Å²) in [6, 6.07) is 4.16. The molecular weight excluding hydrogens is 346 g/mol. The van der Waals surface area contributed by atoms with Gasteiger partial charge in [0.05, 0.1) is 18.6 Å². The fraction of sp³-hybridized carbons (Fsp3) is 0.421. The highest BCUT2D eigenvalue weighted by atomic mass is 32.1. The number of thiophene rings is 1. The number of nitrogens with zero attached hydrogens (tertiary/aromatic N) is 5. The SMILES string of the molecule is c1cncc(CN2CCc3c(sc4ncnc(N5CCOCC5)c34)C2)c1. The first-order chi connectivity index (χ1) is 12.9. The Morgan fingerprint density at radius 2 is 2.08 bits per heavy atom. The van der Waals surface area contributed by atoms with Gasteiger partial charge >= 0.3 is 0 Å². The zero-order valence-corrected chi connectivity index (χ0v) is 15.4. The van der Waals surface area contributed by atoms with Crippen LogP contribution in [0.5, 0.6) is 0 Å². The van der Waals surface area contributed by atoms with Gasteiger partial charge in [-0.3, -0.25) is 9.88 Å². The lowest BCUT2D eigenvalue weighted by Gasteiger charge is -2.29. The minimum atomic E-state index is 0.775. The molecule has 3 aromatic heterocycles. The van der Waals surface area contributed by atoms with Gasteiger partial charge in [-0.2, -0.15) is 0 Å². The lowest BCUT2D eigenvalue weighted by Crippen LogP contribution is -2.37. The third kappa shape index (κ3) is 2.96. The van der Waals surface area contributed by atoms with Crippen LogP contribution in [0, 0.1) is 0 Å². The number of fused-ring (bicyclic) bond motifs is 3. The van der Waals surface area contributed by atoms with Crippen molar-refractivity contribution < 1.29 is 4.74 Å². The average molecular weight is 367 g/mol. The van der Waals surface area contributed by atoms with Gasteiger partial charge in [0, 0.05) is 50.0 Å². The molecule has 3 aromatic rings. The number of morpholine rings is 1. The van der Waals surface area contributed by atoms with Crippen molar-refractivity contribution in [2.75, 3.05) is 37.7 Å². The molecule has 6 nitrogen and oxygen atoms in total. The maximum atomic E-state index is 5.50. The van der Waals surface area contributed by atoms with Gasteiger partial charge in [0.1, 0.15) is 17.0 Å². The van der Waals surface area contributed by atoms with E-state index in [1.807, 2.05) is 29.8 Å². The van der Waals surface area contributed by atoms with Gasteiger partial charge < -0.3 is 9.64 Å². The summed E-state index contributed by atoms with van der Waals surface area (Å²) in [7, 11) is 0. The van der Waals surface area contributed by atoms with Crippen LogP contribution in [0.25, 0.3) is 10.2 Å². The van der Waals surface area contributed by atoms with Gasteiger partial charge in [-0.1, -0.05) is 6.07 Å². The molecule has 0 unspecified atom stereocenters. The summed E-state index contributed by atoms with van der Waals surface area (Å²) < 4.78 is 5.50. The molecule has 0 saturated carbocycles. The van der Waals surface area contributed by atoms with Crippen molar-refractivity contribution in [2.24, 2.45) is 0 Å². The van der Waals surface area contributed by atoms with Gasteiger partial charge in [0.25, 0.3) is 0 Å². The van der Waals surface area contributed by atoms with E-state index in [9.17, 15) is 0 Å². The number of anilines is 1. The first-order valence-electron chi connectivity index (χ1n) is 9.08. The zero-order valence-electron chi connectivity index (χ0n) is 14.6. The Balaban J connectivity index is 1.45. The molecule has 7 heteroatoms. The van der Waals surface area contributed by atoms with E-state index in [1.165, 1.54) is 21.4 Å². The lowest BCUT2D eigenvalue weighted by molar-refractivity contribution is 0.122. The van der Waals surface area contributed by atoms with E-state index in [0.29, 0.717) is 0 Å².